The summed E-state index contributed by atoms with van der Waals surface area (Å²) in [5.41, 5.74) is 1.22. The van der Waals surface area contributed by atoms with Crippen LogP contribution in [0.1, 0.15) is 13.8 Å². The lowest BCUT2D eigenvalue weighted by molar-refractivity contribution is 0.265. The van der Waals surface area contributed by atoms with Gasteiger partial charge in [0.2, 0.25) is 0 Å². The number of nitrogens with one attached hydrogen (secondary N) is 2. The molecule has 2 N–H and O–H groups in total. The van der Waals surface area contributed by atoms with Crippen LogP contribution in [0.5, 0.6) is 0 Å². The normalized spacial score (nSPS) is 15.3. The standard InChI is InChI=1S/C17H28ClN5/c1-3-19-17(20-4-2)21-8-9-22-10-12-23(13-11-22)16-7-5-6-15(18)14-16/h5-7,14H,3-4,8-13H2,1-2H3,(H2,19,20,21). The van der Waals surface area contributed by atoms with Gasteiger partial charge in [-0.25, -0.2) is 0 Å². The molecule has 1 aliphatic rings. The van der Waals surface area contributed by atoms with Gasteiger partial charge >= 0.3 is 0 Å². The van der Waals surface area contributed by atoms with Crippen LogP contribution in [0, 0.1) is 0 Å². The third-order valence-corrected chi connectivity index (χ3v) is 4.16. The Bertz CT molecular complexity index is 490. The number of aliphatic imine (C=N–C) groups is 1. The van der Waals surface area contributed by atoms with Crippen LogP contribution in [-0.2, 0) is 0 Å². The van der Waals surface area contributed by atoms with Crippen LogP contribution in [0.25, 0.3) is 0 Å². The molecule has 0 saturated carbocycles. The zero-order valence-corrected chi connectivity index (χ0v) is 14.9. The topological polar surface area (TPSA) is 42.9 Å². The second-order valence-corrected chi connectivity index (χ2v) is 6.04. The molecule has 0 aliphatic carbocycles. The monoisotopic (exact) mass is 337 g/mol. The number of hydrogen-bond acceptors (Lipinski definition) is 3. The number of hydrogen-bond donors (Lipinski definition) is 2. The zero-order valence-electron chi connectivity index (χ0n) is 14.2. The Morgan fingerprint density at radius 1 is 1.13 bits per heavy atom. The molecule has 0 bridgehead atoms. The summed E-state index contributed by atoms with van der Waals surface area (Å²) in [6.07, 6.45) is 0. The van der Waals surface area contributed by atoms with Gasteiger partial charge in [-0.2, -0.15) is 0 Å². The molecule has 1 aliphatic heterocycles. The van der Waals surface area contributed by atoms with Crippen LogP contribution in [0.2, 0.25) is 5.02 Å². The Labute approximate surface area is 144 Å². The van der Waals surface area contributed by atoms with E-state index in [0.29, 0.717) is 0 Å². The van der Waals surface area contributed by atoms with Crippen molar-refractivity contribution >= 4 is 23.2 Å². The number of halogens is 1. The lowest BCUT2D eigenvalue weighted by atomic mass is 10.2. The fourth-order valence-electron chi connectivity index (χ4n) is 2.71. The van der Waals surface area contributed by atoms with Crippen molar-refractivity contribution in [2.24, 2.45) is 4.99 Å². The molecule has 0 aromatic heterocycles. The van der Waals surface area contributed by atoms with Crippen molar-refractivity contribution in [1.82, 2.24) is 15.5 Å². The molecule has 1 heterocycles. The van der Waals surface area contributed by atoms with E-state index in [4.69, 9.17) is 11.6 Å². The summed E-state index contributed by atoms with van der Waals surface area (Å²) in [5.74, 6) is 0.910. The first kappa shape index (κ1) is 17.9. The Hall–Kier alpha value is -1.46. The van der Waals surface area contributed by atoms with Gasteiger partial charge in [0, 0.05) is 56.5 Å². The highest BCUT2D eigenvalue weighted by Gasteiger charge is 2.16. The van der Waals surface area contributed by atoms with Crippen molar-refractivity contribution in [2.75, 3.05) is 57.3 Å². The molecule has 0 amide bonds. The number of benzene rings is 1. The van der Waals surface area contributed by atoms with E-state index in [0.717, 1.165) is 63.3 Å². The largest absolute Gasteiger partial charge is 0.369 e. The van der Waals surface area contributed by atoms with Gasteiger partial charge in [-0.15, -0.1) is 0 Å². The van der Waals surface area contributed by atoms with Gasteiger partial charge < -0.3 is 15.5 Å². The van der Waals surface area contributed by atoms with Gasteiger partial charge in [0.05, 0.1) is 6.54 Å². The summed E-state index contributed by atoms with van der Waals surface area (Å²) < 4.78 is 0. The van der Waals surface area contributed by atoms with E-state index in [2.05, 4.69) is 45.3 Å². The van der Waals surface area contributed by atoms with Gasteiger partial charge in [-0.05, 0) is 32.0 Å². The summed E-state index contributed by atoms with van der Waals surface area (Å²) >= 11 is 6.08. The van der Waals surface area contributed by atoms with Crippen molar-refractivity contribution in [3.8, 4) is 0 Å². The minimum atomic E-state index is 0.804. The van der Waals surface area contributed by atoms with Gasteiger partial charge in [0.1, 0.15) is 0 Å². The fourth-order valence-corrected chi connectivity index (χ4v) is 2.90. The molecule has 5 nitrogen and oxygen atoms in total. The van der Waals surface area contributed by atoms with Crippen LogP contribution in [0.4, 0.5) is 5.69 Å². The Morgan fingerprint density at radius 3 is 2.43 bits per heavy atom. The van der Waals surface area contributed by atoms with Gasteiger partial charge in [-0.1, -0.05) is 17.7 Å². The van der Waals surface area contributed by atoms with Gasteiger partial charge in [0.15, 0.2) is 5.96 Å². The average molecular weight is 338 g/mol. The predicted octanol–water partition coefficient (Wildman–Crippen LogP) is 2.04. The van der Waals surface area contributed by atoms with E-state index in [9.17, 15) is 0 Å². The molecule has 0 unspecified atom stereocenters. The maximum absolute atomic E-state index is 6.08. The molecule has 0 atom stereocenters. The number of piperazine rings is 1. The van der Waals surface area contributed by atoms with Crippen molar-refractivity contribution in [3.63, 3.8) is 0 Å². The van der Waals surface area contributed by atoms with E-state index in [1.54, 1.807) is 0 Å². The molecule has 6 heteroatoms. The summed E-state index contributed by atoms with van der Waals surface area (Å²) in [6, 6.07) is 8.11. The minimum absolute atomic E-state index is 0.804. The molecular formula is C17H28ClN5. The molecule has 23 heavy (non-hydrogen) atoms. The van der Waals surface area contributed by atoms with Crippen molar-refractivity contribution in [3.05, 3.63) is 29.3 Å². The van der Waals surface area contributed by atoms with Crippen LogP contribution >= 0.6 is 11.6 Å². The van der Waals surface area contributed by atoms with E-state index < -0.39 is 0 Å². The van der Waals surface area contributed by atoms with E-state index >= 15 is 0 Å². The molecule has 1 aromatic carbocycles. The molecule has 1 saturated heterocycles. The smallest absolute Gasteiger partial charge is 0.191 e. The number of guanidine groups is 1. The third-order valence-electron chi connectivity index (χ3n) is 3.92. The highest BCUT2D eigenvalue weighted by Crippen LogP contribution is 2.20. The SMILES string of the molecule is CCNC(=NCCN1CCN(c2cccc(Cl)c2)CC1)NCC. The number of anilines is 1. The van der Waals surface area contributed by atoms with Crippen LogP contribution in [0.15, 0.2) is 29.3 Å². The minimum Gasteiger partial charge on any atom is -0.369 e. The maximum Gasteiger partial charge on any atom is 0.191 e. The van der Waals surface area contributed by atoms with Crippen LogP contribution in [0.3, 0.4) is 0 Å². The Balaban J connectivity index is 1.75. The van der Waals surface area contributed by atoms with E-state index in [1.165, 1.54) is 5.69 Å². The van der Waals surface area contributed by atoms with Crippen molar-refractivity contribution < 1.29 is 0 Å². The van der Waals surface area contributed by atoms with Crippen molar-refractivity contribution in [2.45, 2.75) is 13.8 Å². The molecule has 1 fully saturated rings. The molecule has 128 valence electrons. The lowest BCUT2D eigenvalue weighted by Gasteiger charge is -2.36. The molecule has 1 aromatic rings. The second-order valence-electron chi connectivity index (χ2n) is 5.60. The number of rotatable bonds is 6. The summed E-state index contributed by atoms with van der Waals surface area (Å²) in [7, 11) is 0. The summed E-state index contributed by atoms with van der Waals surface area (Å²) in [6.45, 7) is 12.0. The Morgan fingerprint density at radius 2 is 1.83 bits per heavy atom. The lowest BCUT2D eigenvalue weighted by Crippen LogP contribution is -2.47. The fraction of sp³-hybridized carbons (Fsp3) is 0.588. The van der Waals surface area contributed by atoms with E-state index in [1.807, 2.05) is 18.2 Å². The predicted molar refractivity (Wildman–Crippen MR) is 99.8 cm³/mol. The van der Waals surface area contributed by atoms with E-state index in [-0.39, 0.29) is 0 Å². The zero-order chi connectivity index (χ0) is 16.5. The summed E-state index contributed by atoms with van der Waals surface area (Å²) in [5, 5.41) is 7.31. The quantitative estimate of drug-likeness (QED) is 0.616. The molecular weight excluding hydrogens is 310 g/mol. The maximum atomic E-state index is 6.08. The summed E-state index contributed by atoms with van der Waals surface area (Å²) in [4.78, 5) is 9.48. The Kier molecular flexibility index (Phi) is 7.49. The molecule has 0 spiro atoms. The first-order valence-corrected chi connectivity index (χ1v) is 8.85. The highest BCUT2D eigenvalue weighted by atomic mass is 35.5. The average Bonchev–Trinajstić information content (AvgIpc) is 2.56. The molecule has 2 rings (SSSR count). The van der Waals surface area contributed by atoms with Crippen molar-refractivity contribution in [1.29, 1.82) is 0 Å². The highest BCUT2D eigenvalue weighted by molar-refractivity contribution is 6.30. The second kappa shape index (κ2) is 9.63. The van der Waals surface area contributed by atoms with Gasteiger partial charge in [0.25, 0.3) is 0 Å². The third kappa shape index (κ3) is 5.92. The number of nitrogens with zero attached hydrogens (tertiary/aromatic N) is 3. The van der Waals surface area contributed by atoms with Crippen LogP contribution in [-0.4, -0.2) is 63.2 Å². The van der Waals surface area contributed by atoms with Gasteiger partial charge in [-0.3, -0.25) is 9.89 Å². The first-order valence-electron chi connectivity index (χ1n) is 8.48. The first-order chi connectivity index (χ1) is 11.2. The molecule has 0 radical (unpaired) electrons. The van der Waals surface area contributed by atoms with Crippen LogP contribution < -0.4 is 15.5 Å².